The molecule has 4 rings (SSSR count). The van der Waals surface area contributed by atoms with Gasteiger partial charge in [0.05, 0.1) is 23.4 Å². The summed E-state index contributed by atoms with van der Waals surface area (Å²) in [6.45, 7) is 5.39. The van der Waals surface area contributed by atoms with Crippen LogP contribution in [-0.4, -0.2) is 15.5 Å². The lowest BCUT2D eigenvalue weighted by molar-refractivity contribution is -0.134. The van der Waals surface area contributed by atoms with E-state index >= 15 is 0 Å². The smallest absolute Gasteiger partial charge is 0.308 e. The van der Waals surface area contributed by atoms with E-state index in [0.29, 0.717) is 23.4 Å². The van der Waals surface area contributed by atoms with Gasteiger partial charge in [0.1, 0.15) is 5.76 Å². The lowest BCUT2D eigenvalue weighted by Crippen LogP contribution is -2.23. The highest BCUT2D eigenvalue weighted by molar-refractivity contribution is 5.85. The number of nitrogens with zero attached hydrogens (tertiary/aromatic N) is 2. The maximum atomic E-state index is 12.9. The van der Waals surface area contributed by atoms with Crippen molar-refractivity contribution in [2.75, 3.05) is 0 Å². The first kappa shape index (κ1) is 16.3. The number of ether oxygens (including phenoxy) is 1. The van der Waals surface area contributed by atoms with Crippen molar-refractivity contribution in [1.29, 1.82) is 0 Å². The second-order valence-electron chi connectivity index (χ2n) is 6.39. The topological polar surface area (TPSA) is 61.2 Å². The van der Waals surface area contributed by atoms with Crippen molar-refractivity contribution in [2.45, 2.75) is 27.3 Å². The first-order valence-electron chi connectivity index (χ1n) is 8.48. The maximum Gasteiger partial charge on any atom is 0.308 e. The molecule has 0 aliphatic carbocycles. The highest BCUT2D eigenvalue weighted by Crippen LogP contribution is 2.33. The third-order valence-corrected chi connectivity index (χ3v) is 4.70. The van der Waals surface area contributed by atoms with Gasteiger partial charge in [-0.25, -0.2) is 4.98 Å². The Kier molecular flexibility index (Phi) is 3.72. The summed E-state index contributed by atoms with van der Waals surface area (Å²) in [6.07, 6.45) is 1.70. The number of carbonyl (C=O) groups excluding carboxylic acids is 1. The van der Waals surface area contributed by atoms with E-state index < -0.39 is 5.97 Å². The average molecular weight is 346 g/mol. The van der Waals surface area contributed by atoms with Crippen LogP contribution in [0.1, 0.15) is 30.5 Å². The van der Waals surface area contributed by atoms with Gasteiger partial charge in [0.2, 0.25) is 0 Å². The number of hydrogen-bond donors (Lipinski definition) is 0. The van der Waals surface area contributed by atoms with E-state index in [4.69, 9.17) is 9.72 Å². The Balaban J connectivity index is 1.96. The summed E-state index contributed by atoms with van der Waals surface area (Å²) < 4.78 is 7.03. The molecular formula is C21H18N2O3. The van der Waals surface area contributed by atoms with Crippen LogP contribution in [0.5, 0.6) is 0 Å². The number of carbonyl (C=O) groups is 1. The van der Waals surface area contributed by atoms with Crippen molar-refractivity contribution >= 4 is 22.6 Å². The second-order valence-corrected chi connectivity index (χ2v) is 6.39. The number of allylic oxidation sites excluding steroid dienone is 1. The Bertz CT molecular complexity index is 1160. The van der Waals surface area contributed by atoms with Crippen LogP contribution in [0.4, 0.5) is 0 Å². The third kappa shape index (κ3) is 2.44. The molecule has 0 unspecified atom stereocenters. The van der Waals surface area contributed by atoms with E-state index in [2.05, 4.69) is 6.07 Å². The molecule has 3 heterocycles. The summed E-state index contributed by atoms with van der Waals surface area (Å²) in [4.78, 5) is 29.1. The van der Waals surface area contributed by atoms with Crippen molar-refractivity contribution < 1.29 is 9.53 Å². The van der Waals surface area contributed by atoms with E-state index in [-0.39, 0.29) is 5.56 Å². The monoisotopic (exact) mass is 346 g/mol. The summed E-state index contributed by atoms with van der Waals surface area (Å²) in [5.41, 5.74) is 4.56. The van der Waals surface area contributed by atoms with Gasteiger partial charge in [-0.15, -0.1) is 0 Å². The molecule has 5 nitrogen and oxygen atoms in total. The van der Waals surface area contributed by atoms with Gasteiger partial charge in [-0.05, 0) is 38.1 Å². The number of rotatable bonds is 2. The molecule has 2 aromatic heterocycles. The summed E-state index contributed by atoms with van der Waals surface area (Å²) in [6, 6.07) is 11.9. The third-order valence-electron chi connectivity index (χ3n) is 4.70. The number of hydrogen-bond acceptors (Lipinski definition) is 4. The van der Waals surface area contributed by atoms with Gasteiger partial charge in [-0.3, -0.25) is 9.59 Å². The Labute approximate surface area is 150 Å². The first-order chi connectivity index (χ1) is 12.5. The molecule has 0 bridgehead atoms. The second kappa shape index (κ2) is 5.95. The van der Waals surface area contributed by atoms with Crippen molar-refractivity contribution in [2.24, 2.45) is 0 Å². The first-order valence-corrected chi connectivity index (χ1v) is 8.48. The summed E-state index contributed by atoms with van der Waals surface area (Å²) in [7, 11) is 0. The van der Waals surface area contributed by atoms with Crippen LogP contribution in [0.3, 0.4) is 0 Å². The fraction of sp³-hybridized carbons (Fsp3) is 0.190. The molecule has 0 radical (unpaired) electrons. The zero-order chi connectivity index (χ0) is 18.4. The largest absolute Gasteiger partial charge is 0.426 e. The van der Waals surface area contributed by atoms with Crippen LogP contribution in [0, 0.1) is 6.92 Å². The molecule has 130 valence electrons. The van der Waals surface area contributed by atoms with Crippen LogP contribution in [0.25, 0.3) is 28.0 Å². The fourth-order valence-electron chi connectivity index (χ4n) is 3.46. The van der Waals surface area contributed by atoms with E-state index in [1.54, 1.807) is 24.5 Å². The summed E-state index contributed by atoms with van der Waals surface area (Å²) >= 11 is 0. The minimum absolute atomic E-state index is 0.0916. The average Bonchev–Trinajstić information content (AvgIpc) is 2.98. The molecule has 26 heavy (non-hydrogen) atoms. The quantitative estimate of drug-likeness (QED) is 0.410. The van der Waals surface area contributed by atoms with Crippen molar-refractivity contribution in [3.8, 4) is 11.4 Å². The van der Waals surface area contributed by atoms with Gasteiger partial charge in [0.25, 0.3) is 5.56 Å². The van der Waals surface area contributed by atoms with E-state index in [1.807, 2.05) is 30.3 Å². The van der Waals surface area contributed by atoms with E-state index in [1.165, 1.54) is 6.92 Å². The summed E-state index contributed by atoms with van der Waals surface area (Å²) in [5, 5.41) is 1.05. The van der Waals surface area contributed by atoms with Crippen molar-refractivity contribution in [1.82, 2.24) is 9.55 Å². The molecule has 0 spiro atoms. The minimum atomic E-state index is -0.414. The molecule has 1 aliphatic heterocycles. The van der Waals surface area contributed by atoms with Crippen LogP contribution in [-0.2, 0) is 16.1 Å². The number of benzene rings is 1. The van der Waals surface area contributed by atoms with Gasteiger partial charge in [0, 0.05) is 29.0 Å². The molecule has 0 fully saturated rings. The lowest BCUT2D eigenvalue weighted by atomic mass is 10.1. The zero-order valence-corrected chi connectivity index (χ0v) is 14.9. The molecule has 0 saturated carbocycles. The number of pyridine rings is 2. The van der Waals surface area contributed by atoms with Crippen LogP contribution in [0.15, 0.2) is 47.3 Å². The van der Waals surface area contributed by atoms with Crippen molar-refractivity contribution in [3.05, 3.63) is 69.5 Å². The predicted octanol–water partition coefficient (Wildman–Crippen LogP) is 3.66. The van der Waals surface area contributed by atoms with Crippen LogP contribution >= 0.6 is 0 Å². The summed E-state index contributed by atoms with van der Waals surface area (Å²) in [5.74, 6) is -0.0210. The Morgan fingerprint density at radius 3 is 2.77 bits per heavy atom. The number of aromatic nitrogens is 2. The zero-order valence-electron chi connectivity index (χ0n) is 14.9. The molecule has 0 atom stereocenters. The van der Waals surface area contributed by atoms with Gasteiger partial charge >= 0.3 is 5.97 Å². The SMILES string of the molecule is C/C=C(\OC(C)=O)c1cc2n(c(=O)c1C)Cc1cc3ccccc3nc1-2. The van der Waals surface area contributed by atoms with Gasteiger partial charge in [-0.1, -0.05) is 18.2 Å². The number of para-hydroxylation sites is 1. The number of esters is 1. The van der Waals surface area contributed by atoms with Crippen molar-refractivity contribution in [3.63, 3.8) is 0 Å². The lowest BCUT2D eigenvalue weighted by Gasteiger charge is -2.13. The van der Waals surface area contributed by atoms with Gasteiger partial charge < -0.3 is 9.30 Å². The number of fused-ring (bicyclic) bond motifs is 4. The molecule has 0 N–H and O–H groups in total. The highest BCUT2D eigenvalue weighted by atomic mass is 16.5. The molecular weight excluding hydrogens is 328 g/mol. The minimum Gasteiger partial charge on any atom is -0.426 e. The molecule has 0 amide bonds. The Hall–Kier alpha value is -3.21. The fourth-order valence-corrected chi connectivity index (χ4v) is 3.46. The maximum absolute atomic E-state index is 12.9. The molecule has 5 heteroatoms. The predicted molar refractivity (Wildman–Crippen MR) is 101 cm³/mol. The van der Waals surface area contributed by atoms with Gasteiger partial charge in [-0.2, -0.15) is 0 Å². The molecule has 0 saturated heterocycles. The normalized spacial score (nSPS) is 12.8. The van der Waals surface area contributed by atoms with Gasteiger partial charge in [0.15, 0.2) is 0 Å². The molecule has 3 aromatic rings. The highest BCUT2D eigenvalue weighted by Gasteiger charge is 2.25. The van der Waals surface area contributed by atoms with E-state index in [0.717, 1.165) is 27.9 Å². The standard InChI is InChI=1S/C21H18N2O3/c1-4-19(26-13(3)24)16-10-18-20-15(11-23(18)21(25)12(16)2)9-14-7-5-6-8-17(14)22-20/h4-10H,11H2,1-3H3/b19-4-. The van der Waals surface area contributed by atoms with Crippen LogP contribution in [0.2, 0.25) is 0 Å². The Morgan fingerprint density at radius 2 is 2.04 bits per heavy atom. The molecule has 1 aliphatic rings. The Morgan fingerprint density at radius 1 is 1.27 bits per heavy atom. The van der Waals surface area contributed by atoms with Crippen LogP contribution < -0.4 is 5.56 Å². The van der Waals surface area contributed by atoms with E-state index in [9.17, 15) is 9.59 Å². The molecule has 1 aromatic carbocycles.